The molecule has 0 saturated heterocycles. The second kappa shape index (κ2) is 5.13. The van der Waals surface area contributed by atoms with Gasteiger partial charge < -0.3 is 16.2 Å². The average Bonchev–Trinajstić information content (AvgIpc) is 2.38. The van der Waals surface area contributed by atoms with Gasteiger partial charge in [-0.1, -0.05) is 0 Å². The Kier molecular flexibility index (Phi) is 3.38. The van der Waals surface area contributed by atoms with E-state index in [0.29, 0.717) is 18.1 Å². The number of anilines is 2. The highest BCUT2D eigenvalue weighted by atomic mass is 16.4. The minimum atomic E-state index is -1.06. The van der Waals surface area contributed by atoms with Gasteiger partial charge in [-0.05, 0) is 23.8 Å². The van der Waals surface area contributed by atoms with Crippen molar-refractivity contribution >= 4 is 17.5 Å². The van der Waals surface area contributed by atoms with Crippen molar-refractivity contribution in [3.8, 4) is 0 Å². The van der Waals surface area contributed by atoms with E-state index in [0.717, 1.165) is 5.56 Å². The number of carboxylic acid groups (broad SMARTS) is 1. The summed E-state index contributed by atoms with van der Waals surface area (Å²) in [6.45, 7) is 0.472. The van der Waals surface area contributed by atoms with E-state index in [2.05, 4.69) is 15.3 Å². The molecule has 0 saturated carbocycles. The molecule has 0 atom stereocenters. The zero-order chi connectivity index (χ0) is 13.0. The van der Waals surface area contributed by atoms with E-state index in [9.17, 15) is 4.79 Å². The van der Waals surface area contributed by atoms with E-state index >= 15 is 0 Å². The van der Waals surface area contributed by atoms with Crippen molar-refractivity contribution in [2.24, 2.45) is 0 Å². The number of nitrogens with two attached hydrogens (primary N) is 1. The molecular formula is C12H12N4O2. The van der Waals surface area contributed by atoms with E-state index in [4.69, 9.17) is 10.8 Å². The van der Waals surface area contributed by atoms with Gasteiger partial charge in [0, 0.05) is 18.9 Å². The molecule has 0 bridgehead atoms. The number of nitrogens with zero attached hydrogens (tertiary/aromatic N) is 2. The summed E-state index contributed by atoms with van der Waals surface area (Å²) in [4.78, 5) is 18.9. The van der Waals surface area contributed by atoms with Gasteiger partial charge in [0.2, 0.25) is 0 Å². The van der Waals surface area contributed by atoms with Crippen LogP contribution in [-0.2, 0) is 6.54 Å². The first-order valence-corrected chi connectivity index (χ1v) is 5.28. The standard InChI is InChI=1S/C12H12N4O2/c13-9-5-10(12(17)18)11(16-7-9)15-6-8-1-3-14-4-2-8/h1-5,7H,6,13H2,(H,15,16)(H,17,18). The molecule has 18 heavy (non-hydrogen) atoms. The first-order valence-electron chi connectivity index (χ1n) is 5.28. The van der Waals surface area contributed by atoms with Gasteiger partial charge in [0.05, 0.1) is 11.9 Å². The third kappa shape index (κ3) is 2.73. The number of aromatic nitrogens is 2. The number of nitrogens with one attached hydrogen (secondary N) is 1. The van der Waals surface area contributed by atoms with Crippen molar-refractivity contribution in [2.75, 3.05) is 11.1 Å². The highest BCUT2D eigenvalue weighted by molar-refractivity contribution is 5.94. The fraction of sp³-hybridized carbons (Fsp3) is 0.0833. The molecule has 0 fully saturated rings. The van der Waals surface area contributed by atoms with Crippen LogP contribution in [0.2, 0.25) is 0 Å². The Balaban J connectivity index is 2.17. The van der Waals surface area contributed by atoms with Gasteiger partial charge in [0.25, 0.3) is 0 Å². The van der Waals surface area contributed by atoms with Crippen LogP contribution in [0.5, 0.6) is 0 Å². The molecule has 6 nitrogen and oxygen atoms in total. The van der Waals surface area contributed by atoms with Crippen LogP contribution in [0, 0.1) is 0 Å². The number of hydrogen-bond donors (Lipinski definition) is 3. The second-order valence-electron chi connectivity index (χ2n) is 3.68. The minimum Gasteiger partial charge on any atom is -0.478 e. The average molecular weight is 244 g/mol. The molecule has 2 aromatic heterocycles. The van der Waals surface area contributed by atoms with E-state index < -0.39 is 5.97 Å². The smallest absolute Gasteiger partial charge is 0.339 e. The summed E-state index contributed by atoms with van der Waals surface area (Å²) < 4.78 is 0. The van der Waals surface area contributed by atoms with E-state index in [-0.39, 0.29) is 5.56 Å². The molecule has 6 heteroatoms. The van der Waals surface area contributed by atoms with Gasteiger partial charge in [-0.2, -0.15) is 0 Å². The maximum Gasteiger partial charge on any atom is 0.339 e. The summed E-state index contributed by atoms with van der Waals surface area (Å²) in [5.74, 6) is -0.763. The summed E-state index contributed by atoms with van der Waals surface area (Å²) >= 11 is 0. The third-order valence-electron chi connectivity index (χ3n) is 2.35. The highest BCUT2D eigenvalue weighted by Gasteiger charge is 2.11. The lowest BCUT2D eigenvalue weighted by atomic mass is 10.2. The number of hydrogen-bond acceptors (Lipinski definition) is 5. The Morgan fingerprint density at radius 3 is 2.78 bits per heavy atom. The highest BCUT2D eigenvalue weighted by Crippen LogP contribution is 2.16. The molecule has 2 rings (SSSR count). The summed E-state index contributed by atoms with van der Waals surface area (Å²) in [5, 5.41) is 12.0. The minimum absolute atomic E-state index is 0.0593. The molecular weight excluding hydrogens is 232 g/mol. The maximum absolute atomic E-state index is 11.0. The predicted octanol–water partition coefficient (Wildman–Crippen LogP) is 1.37. The second-order valence-corrected chi connectivity index (χ2v) is 3.68. The Morgan fingerprint density at radius 2 is 2.11 bits per heavy atom. The first-order chi connectivity index (χ1) is 8.66. The molecule has 2 aromatic rings. The summed E-state index contributed by atoms with van der Waals surface area (Å²) in [6, 6.07) is 5.06. The van der Waals surface area contributed by atoms with Gasteiger partial charge >= 0.3 is 5.97 Å². The largest absolute Gasteiger partial charge is 0.478 e. The van der Waals surface area contributed by atoms with Gasteiger partial charge in [-0.3, -0.25) is 4.98 Å². The molecule has 0 aliphatic heterocycles. The lowest BCUT2D eigenvalue weighted by molar-refractivity contribution is 0.0697. The molecule has 2 heterocycles. The monoisotopic (exact) mass is 244 g/mol. The fourth-order valence-corrected chi connectivity index (χ4v) is 1.47. The molecule has 0 unspecified atom stereocenters. The van der Waals surface area contributed by atoms with Crippen LogP contribution in [0.4, 0.5) is 11.5 Å². The van der Waals surface area contributed by atoms with Crippen molar-refractivity contribution in [3.05, 3.63) is 47.9 Å². The van der Waals surface area contributed by atoms with E-state index in [1.165, 1.54) is 12.3 Å². The predicted molar refractivity (Wildman–Crippen MR) is 67.2 cm³/mol. The van der Waals surface area contributed by atoms with Crippen LogP contribution in [0.3, 0.4) is 0 Å². The normalized spacial score (nSPS) is 10.0. The van der Waals surface area contributed by atoms with Crippen LogP contribution >= 0.6 is 0 Å². The van der Waals surface area contributed by atoms with Crippen LogP contribution in [0.1, 0.15) is 15.9 Å². The van der Waals surface area contributed by atoms with Gasteiger partial charge in [-0.15, -0.1) is 0 Å². The fourth-order valence-electron chi connectivity index (χ4n) is 1.47. The zero-order valence-electron chi connectivity index (χ0n) is 9.50. The van der Waals surface area contributed by atoms with Gasteiger partial charge in [0.15, 0.2) is 0 Å². The lowest BCUT2D eigenvalue weighted by Gasteiger charge is -2.08. The first kappa shape index (κ1) is 11.8. The lowest BCUT2D eigenvalue weighted by Crippen LogP contribution is -2.09. The number of carbonyl (C=O) groups is 1. The number of rotatable bonds is 4. The molecule has 0 amide bonds. The van der Waals surface area contributed by atoms with Gasteiger partial charge in [0.1, 0.15) is 11.4 Å². The number of pyridine rings is 2. The van der Waals surface area contributed by atoms with Crippen molar-refractivity contribution in [2.45, 2.75) is 6.54 Å². The molecule has 4 N–H and O–H groups in total. The Bertz CT molecular complexity index is 557. The molecule has 0 aliphatic rings. The summed E-state index contributed by atoms with van der Waals surface area (Å²) in [5.41, 5.74) is 6.88. The zero-order valence-corrected chi connectivity index (χ0v) is 9.50. The summed E-state index contributed by atoms with van der Waals surface area (Å²) in [6.07, 6.45) is 4.76. The summed E-state index contributed by atoms with van der Waals surface area (Å²) in [7, 11) is 0. The molecule has 0 spiro atoms. The maximum atomic E-state index is 11.0. The number of aromatic carboxylic acids is 1. The SMILES string of the molecule is Nc1cnc(NCc2ccncc2)c(C(=O)O)c1. The Labute approximate surface area is 104 Å². The molecule has 0 aromatic carbocycles. The topological polar surface area (TPSA) is 101 Å². The van der Waals surface area contributed by atoms with Crippen molar-refractivity contribution < 1.29 is 9.90 Å². The van der Waals surface area contributed by atoms with Crippen molar-refractivity contribution in [3.63, 3.8) is 0 Å². The van der Waals surface area contributed by atoms with Crippen LogP contribution in [0.25, 0.3) is 0 Å². The van der Waals surface area contributed by atoms with Gasteiger partial charge in [-0.25, -0.2) is 9.78 Å². The van der Waals surface area contributed by atoms with Crippen LogP contribution < -0.4 is 11.1 Å². The van der Waals surface area contributed by atoms with Crippen LogP contribution in [-0.4, -0.2) is 21.0 Å². The Morgan fingerprint density at radius 1 is 1.39 bits per heavy atom. The van der Waals surface area contributed by atoms with Crippen molar-refractivity contribution in [1.29, 1.82) is 0 Å². The molecule has 92 valence electrons. The van der Waals surface area contributed by atoms with Crippen molar-refractivity contribution in [1.82, 2.24) is 9.97 Å². The molecule has 0 radical (unpaired) electrons. The number of carboxylic acids is 1. The Hall–Kier alpha value is -2.63. The number of nitrogen functional groups attached to an aromatic ring is 1. The van der Waals surface area contributed by atoms with E-state index in [1.807, 2.05) is 12.1 Å². The van der Waals surface area contributed by atoms with E-state index in [1.54, 1.807) is 12.4 Å². The van der Waals surface area contributed by atoms with Crippen LogP contribution in [0.15, 0.2) is 36.8 Å². The molecule has 0 aliphatic carbocycles. The quantitative estimate of drug-likeness (QED) is 0.750. The third-order valence-corrected chi connectivity index (χ3v) is 2.35.